The highest BCUT2D eigenvalue weighted by atomic mass is 32.2. The molecule has 2 bridgehead atoms. The van der Waals surface area contributed by atoms with E-state index in [1.807, 2.05) is 11.9 Å². The van der Waals surface area contributed by atoms with Crippen molar-refractivity contribution in [3.8, 4) is 0 Å². The van der Waals surface area contributed by atoms with Crippen molar-refractivity contribution in [2.75, 3.05) is 39.9 Å². The minimum Gasteiger partial charge on any atom is -0.379 e. The molecule has 3 rings (SSSR count). The number of sulfonamides is 1. The predicted molar refractivity (Wildman–Crippen MR) is 75.8 cm³/mol. The molecule has 1 aromatic carbocycles. The summed E-state index contributed by atoms with van der Waals surface area (Å²) in [5.74, 6) is -4.15. The summed E-state index contributed by atoms with van der Waals surface area (Å²) in [4.78, 5) is 1.18. The minimum atomic E-state index is -4.25. The van der Waals surface area contributed by atoms with Crippen LogP contribution in [0.4, 0.5) is 13.2 Å². The first-order valence-corrected chi connectivity index (χ1v) is 8.65. The second-order valence-corrected chi connectivity index (χ2v) is 7.92. The fourth-order valence-electron chi connectivity index (χ4n) is 3.04. The van der Waals surface area contributed by atoms with Gasteiger partial charge in [-0.2, -0.15) is 4.31 Å². The molecule has 2 saturated heterocycles. The van der Waals surface area contributed by atoms with Gasteiger partial charge in [-0.1, -0.05) is 0 Å². The maximum atomic E-state index is 13.9. The molecule has 0 radical (unpaired) electrons. The Morgan fingerprint density at radius 2 is 1.74 bits per heavy atom. The number of hydrogen-bond donors (Lipinski definition) is 0. The predicted octanol–water partition coefficient (Wildman–Crippen LogP) is 1.05. The Morgan fingerprint density at radius 3 is 2.48 bits per heavy atom. The van der Waals surface area contributed by atoms with E-state index in [-0.39, 0.29) is 31.1 Å². The first-order valence-electron chi connectivity index (χ1n) is 7.21. The zero-order valence-corrected chi connectivity index (χ0v) is 13.3. The van der Waals surface area contributed by atoms with E-state index in [4.69, 9.17) is 4.74 Å². The molecule has 0 unspecified atom stereocenters. The van der Waals surface area contributed by atoms with Crippen molar-refractivity contribution < 1.29 is 26.3 Å². The summed E-state index contributed by atoms with van der Waals surface area (Å²) < 4.78 is 72.4. The molecule has 2 fully saturated rings. The largest absolute Gasteiger partial charge is 0.379 e. The zero-order chi connectivity index (χ0) is 16.8. The van der Waals surface area contributed by atoms with E-state index < -0.39 is 32.4 Å². The summed E-state index contributed by atoms with van der Waals surface area (Å²) in [5, 5.41) is 0. The van der Waals surface area contributed by atoms with Gasteiger partial charge in [-0.15, -0.1) is 0 Å². The van der Waals surface area contributed by atoms with Crippen molar-refractivity contribution in [3.63, 3.8) is 0 Å². The third kappa shape index (κ3) is 3.10. The van der Waals surface area contributed by atoms with Gasteiger partial charge in [0.25, 0.3) is 0 Å². The van der Waals surface area contributed by atoms with Crippen LogP contribution in [-0.2, 0) is 14.8 Å². The van der Waals surface area contributed by atoms with Crippen molar-refractivity contribution in [2.45, 2.75) is 10.9 Å². The van der Waals surface area contributed by atoms with E-state index >= 15 is 0 Å². The van der Waals surface area contributed by atoms with Gasteiger partial charge in [0.2, 0.25) is 10.0 Å². The molecule has 2 aliphatic rings. The maximum Gasteiger partial charge on any atom is 0.246 e. The van der Waals surface area contributed by atoms with Crippen LogP contribution >= 0.6 is 0 Å². The highest BCUT2D eigenvalue weighted by Gasteiger charge is 2.38. The Morgan fingerprint density at radius 1 is 1.04 bits per heavy atom. The van der Waals surface area contributed by atoms with Crippen LogP contribution in [0.15, 0.2) is 17.0 Å². The molecule has 2 heterocycles. The molecular formula is C14H17F3N2O3S. The highest BCUT2D eigenvalue weighted by molar-refractivity contribution is 7.89. The normalized spacial score (nSPS) is 27.0. The zero-order valence-electron chi connectivity index (χ0n) is 12.5. The molecule has 0 spiro atoms. The Kier molecular flexibility index (Phi) is 4.39. The van der Waals surface area contributed by atoms with E-state index in [0.29, 0.717) is 25.8 Å². The number of ether oxygens (including phenoxy) is 1. The summed E-state index contributed by atoms with van der Waals surface area (Å²) >= 11 is 0. The second-order valence-electron chi connectivity index (χ2n) is 6.02. The van der Waals surface area contributed by atoms with E-state index in [1.54, 1.807) is 0 Å². The number of halogens is 3. The van der Waals surface area contributed by atoms with Crippen LogP contribution in [0.5, 0.6) is 0 Å². The minimum absolute atomic E-state index is 0.0596. The Hall–Kier alpha value is -1.16. The van der Waals surface area contributed by atoms with Crippen LogP contribution in [-0.4, -0.2) is 63.6 Å². The van der Waals surface area contributed by atoms with Gasteiger partial charge in [0, 0.05) is 37.7 Å². The topological polar surface area (TPSA) is 49.9 Å². The summed E-state index contributed by atoms with van der Waals surface area (Å²) in [6.07, 6.45) is 0. The van der Waals surface area contributed by atoms with E-state index in [9.17, 15) is 21.6 Å². The number of nitrogens with zero attached hydrogens (tertiary/aromatic N) is 2. The number of fused-ring (bicyclic) bond motifs is 3. The number of rotatable bonds is 2. The van der Waals surface area contributed by atoms with Crippen LogP contribution in [0.1, 0.15) is 0 Å². The molecule has 0 aliphatic carbocycles. The van der Waals surface area contributed by atoms with Crippen LogP contribution < -0.4 is 0 Å². The van der Waals surface area contributed by atoms with E-state index in [2.05, 4.69) is 0 Å². The molecule has 128 valence electrons. The van der Waals surface area contributed by atoms with E-state index in [1.165, 1.54) is 0 Å². The van der Waals surface area contributed by atoms with Gasteiger partial charge in [-0.3, -0.25) is 4.90 Å². The van der Waals surface area contributed by atoms with Gasteiger partial charge in [0.15, 0.2) is 11.6 Å². The van der Waals surface area contributed by atoms with Gasteiger partial charge in [0.05, 0.1) is 13.2 Å². The summed E-state index contributed by atoms with van der Waals surface area (Å²) in [6, 6.07) is 0.502. The van der Waals surface area contributed by atoms with Gasteiger partial charge < -0.3 is 4.74 Å². The maximum absolute atomic E-state index is 13.9. The average molecular weight is 350 g/mol. The third-order valence-corrected chi connectivity index (χ3v) is 6.15. The number of likely N-dealkylation sites (N-methyl/N-ethyl adjacent to an activating group) is 1. The standard InChI is InChI=1S/C14H17F3N2O3S/c1-18-4-9-5-19(6-10(18)8-22-7-9)23(20,21)14-3-12(16)11(15)2-13(14)17/h2-3,9-10H,4-8H2,1H3/t9-,10+/m1/s1. The highest BCUT2D eigenvalue weighted by Crippen LogP contribution is 2.27. The van der Waals surface area contributed by atoms with Crippen LogP contribution in [0.25, 0.3) is 0 Å². The molecule has 23 heavy (non-hydrogen) atoms. The van der Waals surface area contributed by atoms with Crippen molar-refractivity contribution >= 4 is 10.0 Å². The first kappa shape index (κ1) is 16.7. The summed E-state index contributed by atoms with van der Waals surface area (Å²) in [5.41, 5.74) is 0. The smallest absolute Gasteiger partial charge is 0.246 e. The van der Waals surface area contributed by atoms with Crippen LogP contribution in [0, 0.1) is 23.4 Å². The van der Waals surface area contributed by atoms with Crippen molar-refractivity contribution in [2.24, 2.45) is 5.92 Å². The lowest BCUT2D eigenvalue weighted by Crippen LogP contribution is -2.44. The molecule has 0 amide bonds. The summed E-state index contributed by atoms with van der Waals surface area (Å²) in [7, 11) is -2.38. The van der Waals surface area contributed by atoms with Gasteiger partial charge >= 0.3 is 0 Å². The number of benzene rings is 1. The van der Waals surface area contributed by atoms with Gasteiger partial charge in [0.1, 0.15) is 10.7 Å². The van der Waals surface area contributed by atoms with Crippen molar-refractivity contribution in [1.82, 2.24) is 9.21 Å². The van der Waals surface area contributed by atoms with Gasteiger partial charge in [-0.25, -0.2) is 21.6 Å². The molecule has 5 nitrogen and oxygen atoms in total. The van der Waals surface area contributed by atoms with Crippen molar-refractivity contribution in [1.29, 1.82) is 0 Å². The van der Waals surface area contributed by atoms with E-state index in [0.717, 1.165) is 4.31 Å². The average Bonchev–Trinajstić information content (AvgIpc) is 2.71. The fraction of sp³-hybridized carbons (Fsp3) is 0.571. The fourth-order valence-corrected chi connectivity index (χ4v) is 4.66. The molecule has 0 aromatic heterocycles. The summed E-state index contributed by atoms with van der Waals surface area (Å²) in [6.45, 7) is 1.72. The Balaban J connectivity index is 1.98. The molecule has 2 atom stereocenters. The molecule has 0 N–H and O–H groups in total. The Labute approximate surface area is 132 Å². The monoisotopic (exact) mass is 350 g/mol. The molecule has 9 heteroatoms. The third-order valence-electron chi connectivity index (χ3n) is 4.30. The Bertz CT molecular complexity index is 713. The lowest BCUT2D eigenvalue weighted by atomic mass is 10.1. The molecule has 2 aliphatic heterocycles. The number of hydrogen-bond acceptors (Lipinski definition) is 4. The molecule has 0 saturated carbocycles. The molecular weight excluding hydrogens is 333 g/mol. The second kappa shape index (κ2) is 6.04. The van der Waals surface area contributed by atoms with Crippen LogP contribution in [0.3, 0.4) is 0 Å². The first-order chi connectivity index (χ1) is 10.8. The quantitative estimate of drug-likeness (QED) is 0.749. The van der Waals surface area contributed by atoms with Crippen molar-refractivity contribution in [3.05, 3.63) is 29.6 Å². The SMILES string of the molecule is CN1C[C@H]2COC[C@@H]1CN(S(=O)(=O)c1cc(F)c(F)cc1F)C2. The lowest BCUT2D eigenvalue weighted by molar-refractivity contribution is 0.0727. The lowest BCUT2D eigenvalue weighted by Gasteiger charge is -2.29. The molecule has 1 aromatic rings. The van der Waals surface area contributed by atoms with Gasteiger partial charge in [-0.05, 0) is 13.1 Å². The van der Waals surface area contributed by atoms with Crippen LogP contribution in [0.2, 0.25) is 0 Å².